The van der Waals surface area contributed by atoms with Gasteiger partial charge in [0.05, 0.1) is 0 Å². The molecule has 0 aromatic heterocycles. The molecule has 0 radical (unpaired) electrons. The molecule has 0 amide bonds. The molecule has 0 spiro atoms. The molecule has 0 saturated heterocycles. The third kappa shape index (κ3) is 4.56. The van der Waals surface area contributed by atoms with Gasteiger partial charge in [-0.3, -0.25) is 9.59 Å². The van der Waals surface area contributed by atoms with Gasteiger partial charge in [0.15, 0.2) is 0 Å². The highest BCUT2D eigenvalue weighted by molar-refractivity contribution is 6.02. The summed E-state index contributed by atoms with van der Waals surface area (Å²) in [5.41, 5.74) is 7.65. The fraction of sp³-hybridized carbons (Fsp3) is 0.128. The summed E-state index contributed by atoms with van der Waals surface area (Å²) in [7, 11) is 0. The molecular formula is C39H30O4. The molecule has 0 heterocycles. The number of aliphatic carboxylic acids is 2. The van der Waals surface area contributed by atoms with Crippen molar-refractivity contribution in [2.24, 2.45) is 0 Å². The number of carbonyl (C=O) groups is 2. The molecule has 0 atom stereocenters. The van der Waals surface area contributed by atoms with Gasteiger partial charge in [-0.2, -0.15) is 0 Å². The zero-order chi connectivity index (χ0) is 29.6. The minimum Gasteiger partial charge on any atom is -0.481 e. The van der Waals surface area contributed by atoms with Crippen LogP contribution in [0.25, 0.3) is 54.9 Å². The number of fused-ring (bicyclic) bond motifs is 5. The highest BCUT2D eigenvalue weighted by Gasteiger charge is 2.45. The quantitative estimate of drug-likeness (QED) is 0.194. The smallest absolute Gasteiger partial charge is 0.303 e. The molecule has 1 aliphatic carbocycles. The minimum absolute atomic E-state index is 0.0566. The third-order valence-electron chi connectivity index (χ3n) is 9.06. The Morgan fingerprint density at radius 3 is 1.33 bits per heavy atom. The van der Waals surface area contributed by atoms with Crippen molar-refractivity contribution in [3.8, 4) is 33.4 Å². The first-order valence-electron chi connectivity index (χ1n) is 14.6. The lowest BCUT2D eigenvalue weighted by Gasteiger charge is -2.32. The molecule has 0 unspecified atom stereocenters. The summed E-state index contributed by atoms with van der Waals surface area (Å²) in [4.78, 5) is 23.9. The number of carboxylic acid groups (broad SMARTS) is 2. The maximum absolute atomic E-state index is 12.0. The van der Waals surface area contributed by atoms with Gasteiger partial charge in [-0.15, -0.1) is 0 Å². The van der Waals surface area contributed by atoms with Gasteiger partial charge in [0.25, 0.3) is 0 Å². The maximum atomic E-state index is 12.0. The first-order chi connectivity index (χ1) is 20.9. The van der Waals surface area contributed by atoms with E-state index in [9.17, 15) is 19.8 Å². The highest BCUT2D eigenvalue weighted by atomic mass is 16.4. The van der Waals surface area contributed by atoms with Crippen LogP contribution in [-0.2, 0) is 15.0 Å². The molecule has 4 nitrogen and oxygen atoms in total. The van der Waals surface area contributed by atoms with E-state index in [4.69, 9.17) is 0 Å². The van der Waals surface area contributed by atoms with Crippen LogP contribution >= 0.6 is 0 Å². The summed E-state index contributed by atoms with van der Waals surface area (Å²) in [5, 5.41) is 24.2. The van der Waals surface area contributed by atoms with E-state index in [2.05, 4.69) is 84.9 Å². The maximum Gasteiger partial charge on any atom is 0.303 e. The average Bonchev–Trinajstić information content (AvgIpc) is 3.32. The molecule has 1 aliphatic rings. The van der Waals surface area contributed by atoms with Gasteiger partial charge in [0.2, 0.25) is 0 Å². The minimum atomic E-state index is -0.888. The second-order valence-corrected chi connectivity index (χ2v) is 11.4. The van der Waals surface area contributed by atoms with E-state index in [1.807, 2.05) is 36.4 Å². The van der Waals surface area contributed by atoms with Crippen molar-refractivity contribution in [1.82, 2.24) is 0 Å². The van der Waals surface area contributed by atoms with E-state index in [1.165, 1.54) is 0 Å². The Kier molecular flexibility index (Phi) is 6.55. The fourth-order valence-corrected chi connectivity index (χ4v) is 7.09. The number of hydrogen-bond donors (Lipinski definition) is 2. The number of rotatable bonds is 8. The second-order valence-electron chi connectivity index (χ2n) is 11.4. The topological polar surface area (TPSA) is 74.6 Å². The third-order valence-corrected chi connectivity index (χ3v) is 9.06. The van der Waals surface area contributed by atoms with Crippen LogP contribution in [0.15, 0.2) is 121 Å². The predicted molar refractivity (Wildman–Crippen MR) is 172 cm³/mol. The Balaban J connectivity index is 1.54. The molecule has 43 heavy (non-hydrogen) atoms. The van der Waals surface area contributed by atoms with E-state index in [0.717, 1.165) is 66.1 Å². The molecule has 0 saturated carbocycles. The van der Waals surface area contributed by atoms with Crippen molar-refractivity contribution in [1.29, 1.82) is 0 Å². The van der Waals surface area contributed by atoms with Crippen LogP contribution in [0, 0.1) is 0 Å². The summed E-state index contributed by atoms with van der Waals surface area (Å²) in [5.74, 6) is -1.78. The molecule has 7 rings (SSSR count). The van der Waals surface area contributed by atoms with Crippen molar-refractivity contribution < 1.29 is 19.8 Å². The standard InChI is InChI=1S/C39H30O4/c40-35(41)19-21-39(22-20-36(42)43)33-13-5-11-31(29-17-15-25-7-1-3-9-27(25)23-29)37(33)38-32(12-6-14-34(38)39)30-18-16-26-8-2-4-10-28(26)24-30/h1-18,23-24H,19-22H2,(H,40,41)(H,42,43). The number of hydrogen-bond acceptors (Lipinski definition) is 2. The van der Waals surface area contributed by atoms with E-state index < -0.39 is 17.4 Å². The van der Waals surface area contributed by atoms with E-state index in [1.54, 1.807) is 0 Å². The Labute approximate surface area is 249 Å². The molecule has 2 N–H and O–H groups in total. The van der Waals surface area contributed by atoms with Gasteiger partial charge in [0.1, 0.15) is 0 Å². The summed E-state index contributed by atoms with van der Waals surface area (Å²) in [6.07, 6.45) is 0.522. The van der Waals surface area contributed by atoms with Crippen molar-refractivity contribution in [3.63, 3.8) is 0 Å². The van der Waals surface area contributed by atoms with Crippen molar-refractivity contribution >= 4 is 33.5 Å². The molecule has 6 aromatic rings. The molecule has 0 bridgehead atoms. The Morgan fingerprint density at radius 2 is 0.907 bits per heavy atom. The number of benzene rings is 6. The van der Waals surface area contributed by atoms with Gasteiger partial charge in [0, 0.05) is 18.3 Å². The van der Waals surface area contributed by atoms with Gasteiger partial charge >= 0.3 is 11.9 Å². The average molecular weight is 563 g/mol. The second kappa shape index (κ2) is 10.6. The van der Waals surface area contributed by atoms with Crippen LogP contribution in [0.3, 0.4) is 0 Å². The Hall–Kier alpha value is -5.22. The van der Waals surface area contributed by atoms with Gasteiger partial charge in [-0.25, -0.2) is 0 Å². The highest BCUT2D eigenvalue weighted by Crippen LogP contribution is 2.58. The first-order valence-corrected chi connectivity index (χ1v) is 14.6. The van der Waals surface area contributed by atoms with E-state index in [0.29, 0.717) is 12.8 Å². The van der Waals surface area contributed by atoms with Crippen LogP contribution in [0.1, 0.15) is 36.8 Å². The normalized spacial score (nSPS) is 13.1. The summed E-state index contributed by atoms with van der Waals surface area (Å²) >= 11 is 0. The fourth-order valence-electron chi connectivity index (χ4n) is 7.09. The monoisotopic (exact) mass is 562 g/mol. The molecule has 6 aromatic carbocycles. The zero-order valence-electron chi connectivity index (χ0n) is 23.6. The van der Waals surface area contributed by atoms with Gasteiger partial charge < -0.3 is 10.2 Å². The lowest BCUT2D eigenvalue weighted by Crippen LogP contribution is -2.27. The van der Waals surface area contributed by atoms with Crippen LogP contribution in [-0.4, -0.2) is 22.2 Å². The van der Waals surface area contributed by atoms with E-state index >= 15 is 0 Å². The van der Waals surface area contributed by atoms with Crippen molar-refractivity contribution in [3.05, 3.63) is 132 Å². The Morgan fingerprint density at radius 1 is 0.488 bits per heavy atom. The van der Waals surface area contributed by atoms with Crippen molar-refractivity contribution in [2.75, 3.05) is 0 Å². The molecule has 210 valence electrons. The molecular weight excluding hydrogens is 532 g/mol. The SMILES string of the molecule is O=C(O)CCC1(CCC(=O)O)c2cccc(-c3ccc4ccccc4c3)c2-c2c(-c3ccc4ccccc4c3)cccc21. The lowest BCUT2D eigenvalue weighted by molar-refractivity contribution is -0.137. The van der Waals surface area contributed by atoms with Crippen LogP contribution in [0.5, 0.6) is 0 Å². The lowest BCUT2D eigenvalue weighted by atomic mass is 9.71. The first kappa shape index (κ1) is 26.7. The van der Waals surface area contributed by atoms with E-state index in [-0.39, 0.29) is 12.8 Å². The van der Waals surface area contributed by atoms with Gasteiger partial charge in [-0.05, 0) is 91.0 Å². The van der Waals surface area contributed by atoms with Crippen LogP contribution < -0.4 is 0 Å². The zero-order valence-corrected chi connectivity index (χ0v) is 23.6. The predicted octanol–water partition coefficient (Wildman–Crippen LogP) is 9.32. The molecule has 4 heteroatoms. The summed E-state index contributed by atoms with van der Waals surface area (Å²) in [6.45, 7) is 0. The van der Waals surface area contributed by atoms with Crippen LogP contribution in [0.4, 0.5) is 0 Å². The Bertz CT molecular complexity index is 1910. The largest absolute Gasteiger partial charge is 0.481 e. The van der Waals surface area contributed by atoms with Crippen molar-refractivity contribution in [2.45, 2.75) is 31.1 Å². The summed E-state index contributed by atoms with van der Waals surface area (Å²) < 4.78 is 0. The van der Waals surface area contributed by atoms with Gasteiger partial charge in [-0.1, -0.05) is 109 Å². The number of carboxylic acids is 2. The molecule has 0 aliphatic heterocycles. The van der Waals surface area contributed by atoms with Crippen LogP contribution in [0.2, 0.25) is 0 Å². The summed E-state index contributed by atoms with van der Waals surface area (Å²) in [6, 6.07) is 42.0. The molecule has 0 fully saturated rings.